The third kappa shape index (κ3) is 2.99. The molecule has 0 aromatic heterocycles. The number of methoxy groups -OCH3 is 1. The highest BCUT2D eigenvalue weighted by Gasteiger charge is 2.31. The Morgan fingerprint density at radius 2 is 2.08 bits per heavy atom. The van der Waals surface area contributed by atoms with Crippen molar-refractivity contribution in [2.75, 3.05) is 7.11 Å². The van der Waals surface area contributed by atoms with E-state index in [1.54, 1.807) is 7.11 Å². The second kappa shape index (κ2) is 4.09. The Morgan fingerprint density at radius 3 is 2.46 bits per heavy atom. The Kier molecular flexibility index (Phi) is 3.31. The first-order chi connectivity index (χ1) is 6.06. The molecule has 1 fully saturated rings. The van der Waals surface area contributed by atoms with Gasteiger partial charge in [-0.05, 0) is 38.5 Å². The zero-order valence-corrected chi connectivity index (χ0v) is 8.51. The average Bonchev–Trinajstić information content (AvgIpc) is 2.09. The number of carbonyl (C=O) groups excluding carboxylic acids is 1. The minimum atomic E-state index is -0.175. The van der Waals surface area contributed by atoms with E-state index >= 15 is 0 Å². The Labute approximate surface area is 79.6 Å². The van der Waals surface area contributed by atoms with Crippen molar-refractivity contribution in [3.63, 3.8) is 0 Å². The van der Waals surface area contributed by atoms with Gasteiger partial charge >= 0.3 is 0 Å². The summed E-state index contributed by atoms with van der Waals surface area (Å²) in [6, 6.07) is 0. The average molecular weight is 185 g/mol. The minimum Gasteiger partial charge on any atom is -0.379 e. The monoisotopic (exact) mass is 185 g/mol. The maximum atomic E-state index is 10.7. The fourth-order valence-electron chi connectivity index (χ4n) is 1.98. The van der Waals surface area contributed by atoms with E-state index < -0.39 is 0 Å². The summed E-state index contributed by atoms with van der Waals surface area (Å²) in [6.45, 7) is 2.13. The van der Waals surface area contributed by atoms with Crippen molar-refractivity contribution in [2.45, 2.75) is 44.6 Å². The molecule has 0 aromatic rings. The summed E-state index contributed by atoms with van der Waals surface area (Å²) in [5.74, 6) is 0.312. The summed E-state index contributed by atoms with van der Waals surface area (Å²) < 4.78 is 5.42. The first-order valence-corrected chi connectivity index (χ1v) is 4.89. The second-order valence-electron chi connectivity index (χ2n) is 4.27. The molecule has 0 aliphatic heterocycles. The topological polar surface area (TPSA) is 52.3 Å². The zero-order chi connectivity index (χ0) is 9.90. The van der Waals surface area contributed by atoms with Crippen molar-refractivity contribution >= 4 is 5.91 Å². The van der Waals surface area contributed by atoms with E-state index in [1.807, 2.05) is 0 Å². The van der Waals surface area contributed by atoms with E-state index in [-0.39, 0.29) is 11.5 Å². The minimum absolute atomic E-state index is 0.0359. The largest absolute Gasteiger partial charge is 0.379 e. The number of hydrogen-bond donors (Lipinski definition) is 1. The van der Waals surface area contributed by atoms with Crippen molar-refractivity contribution in [1.82, 2.24) is 0 Å². The van der Waals surface area contributed by atoms with Gasteiger partial charge in [-0.3, -0.25) is 4.79 Å². The van der Waals surface area contributed by atoms with E-state index in [0.29, 0.717) is 12.3 Å². The molecule has 0 bridgehead atoms. The van der Waals surface area contributed by atoms with Crippen LogP contribution >= 0.6 is 0 Å². The first kappa shape index (κ1) is 10.5. The highest BCUT2D eigenvalue weighted by atomic mass is 16.5. The van der Waals surface area contributed by atoms with Crippen molar-refractivity contribution in [3.05, 3.63) is 0 Å². The Morgan fingerprint density at radius 1 is 1.54 bits per heavy atom. The summed E-state index contributed by atoms with van der Waals surface area (Å²) in [7, 11) is 1.76. The lowest BCUT2D eigenvalue weighted by Gasteiger charge is -2.35. The molecule has 0 spiro atoms. The smallest absolute Gasteiger partial charge is 0.217 e. The molecule has 2 N–H and O–H groups in total. The summed E-state index contributed by atoms with van der Waals surface area (Å²) in [5, 5.41) is 0. The molecule has 1 rings (SSSR count). The number of primary amides is 1. The van der Waals surface area contributed by atoms with Gasteiger partial charge in [0.05, 0.1) is 5.60 Å². The maximum Gasteiger partial charge on any atom is 0.217 e. The summed E-state index contributed by atoms with van der Waals surface area (Å²) in [5.41, 5.74) is 5.19. The molecular formula is C10H19NO2. The third-order valence-corrected chi connectivity index (χ3v) is 3.15. The van der Waals surface area contributed by atoms with Crippen LogP contribution in [0.4, 0.5) is 0 Å². The first-order valence-electron chi connectivity index (χ1n) is 4.89. The molecule has 0 saturated heterocycles. The van der Waals surface area contributed by atoms with E-state index in [9.17, 15) is 4.79 Å². The molecule has 3 heteroatoms. The van der Waals surface area contributed by atoms with E-state index in [4.69, 9.17) is 10.5 Å². The highest BCUT2D eigenvalue weighted by Crippen LogP contribution is 2.35. The molecule has 1 aliphatic rings. The van der Waals surface area contributed by atoms with Gasteiger partial charge < -0.3 is 10.5 Å². The molecule has 0 aromatic carbocycles. The predicted octanol–water partition coefficient (Wildman–Crippen LogP) is 1.46. The predicted molar refractivity (Wildman–Crippen MR) is 51.2 cm³/mol. The van der Waals surface area contributed by atoms with Crippen LogP contribution in [0.25, 0.3) is 0 Å². The van der Waals surface area contributed by atoms with Crippen LogP contribution in [0, 0.1) is 5.92 Å². The fraction of sp³-hybridized carbons (Fsp3) is 0.900. The normalized spacial score (nSPS) is 34.5. The van der Waals surface area contributed by atoms with Gasteiger partial charge in [-0.25, -0.2) is 0 Å². The molecule has 3 nitrogen and oxygen atoms in total. The van der Waals surface area contributed by atoms with Gasteiger partial charge in [0.2, 0.25) is 5.91 Å². The number of carbonyl (C=O) groups is 1. The molecule has 0 heterocycles. The molecule has 1 saturated carbocycles. The summed E-state index contributed by atoms with van der Waals surface area (Å²) in [4.78, 5) is 10.7. The number of hydrogen-bond acceptors (Lipinski definition) is 2. The zero-order valence-electron chi connectivity index (χ0n) is 8.51. The molecule has 0 unspecified atom stereocenters. The lowest BCUT2D eigenvalue weighted by Crippen LogP contribution is -2.33. The van der Waals surface area contributed by atoms with Crippen LogP contribution in [0.15, 0.2) is 0 Å². The van der Waals surface area contributed by atoms with Crippen molar-refractivity contribution < 1.29 is 9.53 Å². The molecular weight excluding hydrogens is 166 g/mol. The van der Waals surface area contributed by atoms with Crippen molar-refractivity contribution in [1.29, 1.82) is 0 Å². The molecule has 76 valence electrons. The van der Waals surface area contributed by atoms with Crippen LogP contribution in [0.1, 0.15) is 39.0 Å². The van der Waals surface area contributed by atoms with Crippen molar-refractivity contribution in [3.8, 4) is 0 Å². The Balaban J connectivity index is 2.34. The van der Waals surface area contributed by atoms with Crippen LogP contribution in [0.5, 0.6) is 0 Å². The van der Waals surface area contributed by atoms with E-state index in [2.05, 4.69) is 6.92 Å². The molecule has 13 heavy (non-hydrogen) atoms. The van der Waals surface area contributed by atoms with Gasteiger partial charge in [0.1, 0.15) is 0 Å². The van der Waals surface area contributed by atoms with Gasteiger partial charge in [-0.15, -0.1) is 0 Å². The maximum absolute atomic E-state index is 10.7. The van der Waals surface area contributed by atoms with E-state index in [1.165, 1.54) is 0 Å². The molecule has 1 aliphatic carbocycles. The number of rotatable bonds is 3. The number of amides is 1. The quantitative estimate of drug-likeness (QED) is 0.723. The van der Waals surface area contributed by atoms with Crippen LogP contribution in [-0.2, 0) is 9.53 Å². The Bertz CT molecular complexity index is 183. The number of ether oxygens (including phenoxy) is 1. The van der Waals surface area contributed by atoms with Crippen LogP contribution in [0.3, 0.4) is 0 Å². The fourth-order valence-corrected chi connectivity index (χ4v) is 1.98. The van der Waals surface area contributed by atoms with Gasteiger partial charge in [-0.2, -0.15) is 0 Å². The van der Waals surface area contributed by atoms with Gasteiger partial charge in [0, 0.05) is 13.5 Å². The second-order valence-corrected chi connectivity index (χ2v) is 4.27. The molecule has 0 radical (unpaired) electrons. The van der Waals surface area contributed by atoms with Crippen LogP contribution in [0.2, 0.25) is 0 Å². The van der Waals surface area contributed by atoms with Gasteiger partial charge in [-0.1, -0.05) is 0 Å². The molecule has 1 amide bonds. The summed E-state index contributed by atoms with van der Waals surface area (Å²) in [6.07, 6.45) is 4.75. The van der Waals surface area contributed by atoms with Crippen LogP contribution < -0.4 is 5.73 Å². The standard InChI is InChI=1S/C10H19NO2/c1-10(13-2)5-3-8(4-6-10)7-9(11)12/h8H,3-7H2,1-2H3,(H2,11,12). The summed E-state index contributed by atoms with van der Waals surface area (Å²) >= 11 is 0. The Hall–Kier alpha value is -0.570. The lowest BCUT2D eigenvalue weighted by atomic mass is 9.78. The third-order valence-electron chi connectivity index (χ3n) is 3.15. The van der Waals surface area contributed by atoms with Crippen LogP contribution in [-0.4, -0.2) is 18.6 Å². The highest BCUT2D eigenvalue weighted by molar-refractivity contribution is 5.73. The van der Waals surface area contributed by atoms with Gasteiger partial charge in [0.15, 0.2) is 0 Å². The molecule has 0 atom stereocenters. The SMILES string of the molecule is COC1(C)CCC(CC(N)=O)CC1. The number of nitrogens with two attached hydrogens (primary N) is 1. The van der Waals surface area contributed by atoms with Crippen molar-refractivity contribution in [2.24, 2.45) is 11.7 Å². The lowest BCUT2D eigenvalue weighted by molar-refractivity contribution is -0.119. The van der Waals surface area contributed by atoms with Gasteiger partial charge in [0.25, 0.3) is 0 Å². The van der Waals surface area contributed by atoms with E-state index in [0.717, 1.165) is 25.7 Å².